The summed E-state index contributed by atoms with van der Waals surface area (Å²) in [5.74, 6) is -1.60. The van der Waals surface area contributed by atoms with E-state index < -0.39 is 17.3 Å². The molecule has 1 aromatic carbocycles. The van der Waals surface area contributed by atoms with Crippen molar-refractivity contribution in [2.75, 3.05) is 13.1 Å². The molecule has 0 amide bonds. The molecular weight excluding hydrogens is 319 g/mol. The second kappa shape index (κ2) is 5.83. The van der Waals surface area contributed by atoms with Gasteiger partial charge in [-0.25, -0.2) is 13.2 Å². The number of alkyl halides is 1. The maximum absolute atomic E-state index is 14.8. The number of piperidine rings is 1. The van der Waals surface area contributed by atoms with Crippen molar-refractivity contribution in [1.29, 1.82) is 0 Å². The highest BCUT2D eigenvalue weighted by atomic mass is 79.9. The molecule has 0 aliphatic carbocycles. The van der Waals surface area contributed by atoms with Gasteiger partial charge in [-0.3, -0.25) is 0 Å². The van der Waals surface area contributed by atoms with E-state index in [1.54, 1.807) is 0 Å². The zero-order chi connectivity index (χ0) is 14.0. The van der Waals surface area contributed by atoms with Crippen LogP contribution >= 0.6 is 15.9 Å². The van der Waals surface area contributed by atoms with E-state index in [4.69, 9.17) is 0 Å². The summed E-state index contributed by atoms with van der Waals surface area (Å²) < 4.78 is 42.5. The van der Waals surface area contributed by atoms with Crippen LogP contribution in [-0.2, 0) is 6.42 Å². The van der Waals surface area contributed by atoms with Gasteiger partial charge in [0.15, 0.2) is 0 Å². The smallest absolute Gasteiger partial charge is 0.143 e. The van der Waals surface area contributed by atoms with E-state index in [0.717, 1.165) is 25.5 Å². The van der Waals surface area contributed by atoms with Crippen LogP contribution in [0.1, 0.15) is 25.3 Å². The van der Waals surface area contributed by atoms with Crippen molar-refractivity contribution in [3.8, 4) is 0 Å². The molecule has 2 atom stereocenters. The Bertz CT molecular complexity index is 456. The van der Waals surface area contributed by atoms with Crippen LogP contribution in [-0.4, -0.2) is 18.8 Å². The second-order valence-corrected chi connectivity index (χ2v) is 6.17. The number of benzene rings is 1. The monoisotopic (exact) mass is 335 g/mol. The van der Waals surface area contributed by atoms with E-state index in [2.05, 4.69) is 21.2 Å². The highest BCUT2D eigenvalue weighted by molar-refractivity contribution is 9.10. The van der Waals surface area contributed by atoms with Gasteiger partial charge in [-0.05, 0) is 54.4 Å². The molecule has 1 aliphatic heterocycles. The Balaban J connectivity index is 2.22. The zero-order valence-electron chi connectivity index (χ0n) is 10.8. The lowest BCUT2D eigenvalue weighted by molar-refractivity contribution is 0.0813. The van der Waals surface area contributed by atoms with Crippen molar-refractivity contribution in [1.82, 2.24) is 5.32 Å². The molecule has 1 saturated heterocycles. The molecule has 1 heterocycles. The van der Waals surface area contributed by atoms with Gasteiger partial charge in [-0.15, -0.1) is 0 Å². The SMILES string of the molecule is CC(F)(Cc1c(F)ccc(Br)c1F)C1CCCNC1. The molecule has 0 saturated carbocycles. The summed E-state index contributed by atoms with van der Waals surface area (Å²) in [7, 11) is 0. The zero-order valence-corrected chi connectivity index (χ0v) is 12.4. The van der Waals surface area contributed by atoms with Gasteiger partial charge in [0.25, 0.3) is 0 Å². The van der Waals surface area contributed by atoms with Crippen molar-refractivity contribution in [2.24, 2.45) is 5.92 Å². The molecule has 1 nitrogen and oxygen atoms in total. The summed E-state index contributed by atoms with van der Waals surface area (Å²) >= 11 is 3.01. The Morgan fingerprint density at radius 1 is 1.42 bits per heavy atom. The fourth-order valence-electron chi connectivity index (χ4n) is 2.59. The molecule has 0 radical (unpaired) electrons. The minimum Gasteiger partial charge on any atom is -0.316 e. The summed E-state index contributed by atoms with van der Waals surface area (Å²) in [4.78, 5) is 0. The number of nitrogens with one attached hydrogen (secondary N) is 1. The molecule has 1 fully saturated rings. The van der Waals surface area contributed by atoms with Crippen molar-refractivity contribution in [3.05, 3.63) is 33.8 Å². The first-order valence-corrected chi connectivity index (χ1v) is 7.23. The molecule has 5 heteroatoms. The highest BCUT2D eigenvalue weighted by Crippen LogP contribution is 2.34. The summed E-state index contributed by atoms with van der Waals surface area (Å²) in [5.41, 5.74) is -1.79. The van der Waals surface area contributed by atoms with Crippen LogP contribution in [0.5, 0.6) is 0 Å². The summed E-state index contributed by atoms with van der Waals surface area (Å²) in [6, 6.07) is 2.46. The fraction of sp³-hybridized carbons (Fsp3) is 0.571. The largest absolute Gasteiger partial charge is 0.316 e. The van der Waals surface area contributed by atoms with Crippen LogP contribution < -0.4 is 5.32 Å². The van der Waals surface area contributed by atoms with Crippen molar-refractivity contribution in [3.63, 3.8) is 0 Å². The van der Waals surface area contributed by atoms with Gasteiger partial charge < -0.3 is 5.32 Å². The first-order chi connectivity index (χ1) is 8.92. The lowest BCUT2D eigenvalue weighted by Crippen LogP contribution is -2.43. The Morgan fingerprint density at radius 2 is 2.16 bits per heavy atom. The molecule has 1 N–H and O–H groups in total. The molecule has 0 bridgehead atoms. The van der Waals surface area contributed by atoms with Gasteiger partial charge in [-0.1, -0.05) is 0 Å². The standard InChI is InChI=1S/C14H17BrF3N/c1-14(18,9-3-2-6-19-8-9)7-10-12(16)5-4-11(15)13(10)17/h4-5,9,19H,2-3,6-8H2,1H3. The number of hydrogen-bond acceptors (Lipinski definition) is 1. The molecule has 19 heavy (non-hydrogen) atoms. The minimum atomic E-state index is -1.62. The Hall–Kier alpha value is -0.550. The lowest BCUT2D eigenvalue weighted by atomic mass is 9.81. The van der Waals surface area contributed by atoms with Gasteiger partial charge in [0.05, 0.1) is 4.47 Å². The van der Waals surface area contributed by atoms with Gasteiger partial charge in [0.1, 0.15) is 17.3 Å². The number of halogens is 4. The van der Waals surface area contributed by atoms with Gasteiger partial charge in [0.2, 0.25) is 0 Å². The summed E-state index contributed by atoms with van der Waals surface area (Å²) in [5, 5.41) is 3.13. The normalized spacial score (nSPS) is 23.1. The van der Waals surface area contributed by atoms with E-state index in [-0.39, 0.29) is 22.4 Å². The van der Waals surface area contributed by atoms with Gasteiger partial charge >= 0.3 is 0 Å². The first-order valence-electron chi connectivity index (χ1n) is 6.44. The number of hydrogen-bond donors (Lipinski definition) is 1. The molecule has 0 aromatic heterocycles. The molecule has 0 spiro atoms. The third kappa shape index (κ3) is 3.31. The lowest BCUT2D eigenvalue weighted by Gasteiger charge is -2.34. The van der Waals surface area contributed by atoms with Crippen molar-refractivity contribution in [2.45, 2.75) is 31.9 Å². The van der Waals surface area contributed by atoms with Crippen LogP contribution in [0.4, 0.5) is 13.2 Å². The Kier molecular flexibility index (Phi) is 4.56. The van der Waals surface area contributed by atoms with Crippen LogP contribution in [0.15, 0.2) is 16.6 Å². The minimum absolute atomic E-state index is 0.168. The Morgan fingerprint density at radius 3 is 2.79 bits per heavy atom. The highest BCUT2D eigenvalue weighted by Gasteiger charge is 2.36. The summed E-state index contributed by atoms with van der Waals surface area (Å²) in [6.07, 6.45) is 1.40. The van der Waals surface area contributed by atoms with E-state index in [0.29, 0.717) is 6.54 Å². The van der Waals surface area contributed by atoms with E-state index in [9.17, 15) is 13.2 Å². The summed E-state index contributed by atoms with van der Waals surface area (Å²) in [6.45, 7) is 2.88. The topological polar surface area (TPSA) is 12.0 Å². The van der Waals surface area contributed by atoms with Gasteiger partial charge in [0, 0.05) is 24.4 Å². The first kappa shape index (κ1) is 14.9. The molecule has 2 rings (SSSR count). The maximum Gasteiger partial charge on any atom is 0.143 e. The Labute approximate surface area is 119 Å². The average Bonchev–Trinajstić information content (AvgIpc) is 2.40. The maximum atomic E-state index is 14.8. The second-order valence-electron chi connectivity index (χ2n) is 5.32. The average molecular weight is 336 g/mol. The molecule has 2 unspecified atom stereocenters. The predicted molar refractivity (Wildman–Crippen MR) is 72.9 cm³/mol. The molecule has 1 aromatic rings. The van der Waals surface area contributed by atoms with E-state index >= 15 is 0 Å². The predicted octanol–water partition coefficient (Wildman–Crippen LogP) is 4.00. The fourth-order valence-corrected chi connectivity index (χ4v) is 2.96. The van der Waals surface area contributed by atoms with Crippen molar-refractivity contribution < 1.29 is 13.2 Å². The third-order valence-corrected chi connectivity index (χ3v) is 4.42. The quantitative estimate of drug-likeness (QED) is 0.823. The van der Waals surface area contributed by atoms with Crippen LogP contribution in [0, 0.1) is 17.6 Å². The van der Waals surface area contributed by atoms with Crippen molar-refractivity contribution >= 4 is 15.9 Å². The van der Waals surface area contributed by atoms with E-state index in [1.165, 1.54) is 13.0 Å². The molecule has 1 aliphatic rings. The van der Waals surface area contributed by atoms with Crippen LogP contribution in [0.2, 0.25) is 0 Å². The van der Waals surface area contributed by atoms with Crippen LogP contribution in [0.25, 0.3) is 0 Å². The number of rotatable bonds is 3. The molecular formula is C14H17BrF3N. The van der Waals surface area contributed by atoms with E-state index in [1.807, 2.05) is 0 Å². The van der Waals surface area contributed by atoms with Crippen LogP contribution in [0.3, 0.4) is 0 Å². The third-order valence-electron chi connectivity index (χ3n) is 3.81. The van der Waals surface area contributed by atoms with Gasteiger partial charge in [-0.2, -0.15) is 0 Å². The molecule has 106 valence electrons.